The fourth-order valence-electron chi connectivity index (χ4n) is 1.39. The predicted octanol–water partition coefficient (Wildman–Crippen LogP) is 0.793. The molecule has 0 aliphatic carbocycles. The van der Waals surface area contributed by atoms with Gasteiger partial charge in [-0.1, -0.05) is 13.3 Å². The Morgan fingerprint density at radius 1 is 1.33 bits per heavy atom. The van der Waals surface area contributed by atoms with Gasteiger partial charge in [-0.3, -0.25) is 14.5 Å². The summed E-state index contributed by atoms with van der Waals surface area (Å²) in [7, 11) is 2.84. The first kappa shape index (κ1) is 12.5. The molecule has 0 aromatic heterocycles. The van der Waals surface area contributed by atoms with Crippen LogP contribution in [0.25, 0.3) is 0 Å². The van der Waals surface area contributed by atoms with E-state index in [0.29, 0.717) is 6.54 Å². The van der Waals surface area contributed by atoms with Crippen molar-refractivity contribution in [1.82, 2.24) is 4.90 Å². The Morgan fingerprint density at radius 2 is 1.93 bits per heavy atom. The lowest BCUT2D eigenvalue weighted by Crippen LogP contribution is -2.47. The average Bonchev–Trinajstić information content (AvgIpc) is 2.50. The minimum atomic E-state index is -1.26. The summed E-state index contributed by atoms with van der Waals surface area (Å²) in [5.74, 6) is -0.544. The molecule has 1 aliphatic rings. The number of carbonyl (C=O) groups is 2. The van der Waals surface area contributed by atoms with Gasteiger partial charge in [-0.15, -0.1) is 0 Å². The van der Waals surface area contributed by atoms with Gasteiger partial charge in [0.05, 0.1) is 0 Å². The molecule has 0 radical (unpaired) electrons. The third-order valence-electron chi connectivity index (χ3n) is 2.22. The summed E-state index contributed by atoms with van der Waals surface area (Å²) in [5, 5.41) is -1.79. The Hall–Kier alpha value is -0.590. The zero-order valence-corrected chi connectivity index (χ0v) is 9.93. The van der Waals surface area contributed by atoms with Gasteiger partial charge in [-0.25, -0.2) is 0 Å². The van der Waals surface area contributed by atoms with E-state index in [-0.39, 0.29) is 0 Å². The van der Waals surface area contributed by atoms with Crippen molar-refractivity contribution in [1.29, 1.82) is 0 Å². The highest BCUT2D eigenvalue weighted by molar-refractivity contribution is 8.16. The van der Waals surface area contributed by atoms with Gasteiger partial charge >= 0.3 is 11.2 Å². The summed E-state index contributed by atoms with van der Waals surface area (Å²) in [6.45, 7) is 2.48. The van der Waals surface area contributed by atoms with Gasteiger partial charge in [-0.05, 0) is 6.42 Å². The lowest BCUT2D eigenvalue weighted by Gasteiger charge is -2.32. The van der Waals surface area contributed by atoms with Gasteiger partial charge in [0.25, 0.3) is 5.12 Å². The first-order valence-corrected chi connectivity index (χ1v) is 5.58. The summed E-state index contributed by atoms with van der Waals surface area (Å²) in [5.41, 5.74) is 0. The molecule has 1 aliphatic heterocycles. The number of thioether (sulfide) groups is 1. The van der Waals surface area contributed by atoms with Crippen LogP contribution < -0.4 is 0 Å². The van der Waals surface area contributed by atoms with Crippen molar-refractivity contribution in [3.05, 3.63) is 0 Å². The Balaban J connectivity index is 2.85. The highest BCUT2D eigenvalue weighted by atomic mass is 32.2. The highest BCUT2D eigenvalue weighted by Crippen LogP contribution is 2.38. The van der Waals surface area contributed by atoms with Crippen molar-refractivity contribution in [3.63, 3.8) is 0 Å². The Labute approximate surface area is 93.1 Å². The molecule has 1 heterocycles. The van der Waals surface area contributed by atoms with Crippen LogP contribution in [-0.2, 0) is 19.1 Å². The van der Waals surface area contributed by atoms with E-state index >= 15 is 0 Å². The summed E-state index contributed by atoms with van der Waals surface area (Å²) < 4.78 is 10.2. The first-order chi connectivity index (χ1) is 7.11. The van der Waals surface area contributed by atoms with Crippen LogP contribution in [0.4, 0.5) is 0 Å². The quantitative estimate of drug-likeness (QED) is 0.519. The molecule has 1 rings (SSSR count). The summed E-state index contributed by atoms with van der Waals surface area (Å²) in [6.07, 6.45) is 1.75. The highest BCUT2D eigenvalue weighted by Gasteiger charge is 2.53. The van der Waals surface area contributed by atoms with E-state index < -0.39 is 16.3 Å². The molecule has 6 heteroatoms. The number of carbonyl (C=O) groups excluding carboxylic acids is 2. The fourth-order valence-corrected chi connectivity index (χ4v) is 2.28. The van der Waals surface area contributed by atoms with Crippen molar-refractivity contribution < 1.29 is 19.1 Å². The third-order valence-corrected chi connectivity index (χ3v) is 3.39. The Kier molecular flexibility index (Phi) is 4.12. The molecular weight excluding hydrogens is 218 g/mol. The second-order valence-electron chi connectivity index (χ2n) is 3.13. The van der Waals surface area contributed by atoms with Gasteiger partial charge in [0.2, 0.25) is 0 Å². The Bertz CT molecular complexity index is 265. The van der Waals surface area contributed by atoms with Crippen LogP contribution in [0.2, 0.25) is 0 Å². The zero-order valence-electron chi connectivity index (χ0n) is 9.11. The van der Waals surface area contributed by atoms with E-state index in [1.54, 1.807) is 0 Å². The van der Waals surface area contributed by atoms with Crippen LogP contribution >= 0.6 is 11.8 Å². The summed E-state index contributed by atoms with van der Waals surface area (Å²) in [6, 6.07) is 0. The lowest BCUT2D eigenvalue weighted by atomic mass is 10.3. The number of amides is 1. The van der Waals surface area contributed by atoms with Crippen LogP contribution in [0, 0.1) is 0 Å². The molecule has 15 heavy (non-hydrogen) atoms. The SMILES string of the molecule is CCCCN1C(=O)C(=O)SC1(OC)OC. The van der Waals surface area contributed by atoms with Crippen LogP contribution in [0.1, 0.15) is 19.8 Å². The monoisotopic (exact) mass is 233 g/mol. The number of methoxy groups -OCH3 is 2. The maximum Gasteiger partial charge on any atom is 0.315 e. The molecule has 1 amide bonds. The topological polar surface area (TPSA) is 55.8 Å². The van der Waals surface area contributed by atoms with Crippen LogP contribution in [0.3, 0.4) is 0 Å². The smallest absolute Gasteiger partial charge is 0.315 e. The fraction of sp³-hybridized carbons (Fsp3) is 0.778. The molecule has 86 valence electrons. The van der Waals surface area contributed by atoms with E-state index in [1.807, 2.05) is 6.92 Å². The largest absolute Gasteiger partial charge is 0.327 e. The molecule has 1 saturated heterocycles. The van der Waals surface area contributed by atoms with Crippen LogP contribution in [0.5, 0.6) is 0 Å². The van der Waals surface area contributed by atoms with Gasteiger partial charge in [-0.2, -0.15) is 0 Å². The van der Waals surface area contributed by atoms with E-state index in [9.17, 15) is 9.59 Å². The van der Waals surface area contributed by atoms with E-state index in [4.69, 9.17) is 9.47 Å². The average molecular weight is 233 g/mol. The van der Waals surface area contributed by atoms with Gasteiger partial charge in [0.1, 0.15) is 0 Å². The van der Waals surface area contributed by atoms with E-state index in [1.165, 1.54) is 19.1 Å². The number of nitrogens with zero attached hydrogens (tertiary/aromatic N) is 1. The molecular formula is C9H15NO4S. The van der Waals surface area contributed by atoms with Crippen LogP contribution in [0.15, 0.2) is 0 Å². The normalized spacial score (nSPS) is 20.1. The van der Waals surface area contributed by atoms with Gasteiger partial charge in [0, 0.05) is 32.5 Å². The molecule has 0 aromatic carbocycles. The number of hydrogen-bond donors (Lipinski definition) is 0. The van der Waals surface area contributed by atoms with Gasteiger partial charge in [0.15, 0.2) is 0 Å². The molecule has 0 saturated carbocycles. The van der Waals surface area contributed by atoms with Crippen molar-refractivity contribution in [2.75, 3.05) is 20.8 Å². The van der Waals surface area contributed by atoms with Gasteiger partial charge < -0.3 is 9.47 Å². The molecule has 0 atom stereocenters. The van der Waals surface area contributed by atoms with Crippen LogP contribution in [-0.4, -0.2) is 41.9 Å². The zero-order chi connectivity index (χ0) is 11.5. The predicted molar refractivity (Wildman–Crippen MR) is 56.0 cm³/mol. The third kappa shape index (κ3) is 2.16. The first-order valence-electron chi connectivity index (χ1n) is 4.76. The maximum atomic E-state index is 11.5. The Morgan fingerprint density at radius 3 is 2.40 bits per heavy atom. The van der Waals surface area contributed by atoms with Crippen molar-refractivity contribution in [3.8, 4) is 0 Å². The maximum absolute atomic E-state index is 11.5. The minimum absolute atomic E-state index is 0.468. The molecule has 5 nitrogen and oxygen atoms in total. The van der Waals surface area contributed by atoms with Crippen molar-refractivity contribution in [2.24, 2.45) is 0 Å². The number of ether oxygens (including phenoxy) is 2. The van der Waals surface area contributed by atoms with E-state index in [2.05, 4.69) is 0 Å². The molecule has 1 fully saturated rings. The summed E-state index contributed by atoms with van der Waals surface area (Å²) >= 11 is 0.773. The lowest BCUT2D eigenvalue weighted by molar-refractivity contribution is -0.219. The number of rotatable bonds is 5. The number of hydrogen-bond acceptors (Lipinski definition) is 5. The second-order valence-corrected chi connectivity index (χ2v) is 4.22. The molecule has 0 unspecified atom stereocenters. The molecule has 0 N–H and O–H groups in total. The second kappa shape index (κ2) is 4.96. The minimum Gasteiger partial charge on any atom is -0.327 e. The van der Waals surface area contributed by atoms with E-state index in [0.717, 1.165) is 24.6 Å². The van der Waals surface area contributed by atoms with Crippen molar-refractivity contribution in [2.45, 2.75) is 25.0 Å². The molecule has 0 aromatic rings. The standard InChI is InChI=1S/C9H15NO4S/c1-4-5-6-10-7(11)8(12)15-9(10,13-2)14-3/h4-6H2,1-3H3. The van der Waals surface area contributed by atoms with Crippen molar-refractivity contribution >= 4 is 22.8 Å². The number of unbranched alkanes of at least 4 members (excludes halogenated alkanes) is 1. The molecule has 0 spiro atoms. The molecule has 0 bridgehead atoms. The summed E-state index contributed by atoms with van der Waals surface area (Å²) in [4.78, 5) is 24.2.